The standard InChI is InChI=1S/C15H22BrN3O/c1-18-15(20)12-3-2-8-19(10-12)14(9-17)11-4-6-13(16)7-5-11/h4-7,12,14H,2-3,8-10,17H2,1H3,(H,18,20). The summed E-state index contributed by atoms with van der Waals surface area (Å²) in [5, 5.41) is 2.76. The van der Waals surface area contributed by atoms with Gasteiger partial charge in [-0.3, -0.25) is 9.69 Å². The predicted molar refractivity (Wildman–Crippen MR) is 84.3 cm³/mol. The molecule has 0 bridgehead atoms. The second kappa shape index (κ2) is 7.20. The maximum Gasteiger partial charge on any atom is 0.224 e. The molecule has 4 nitrogen and oxygen atoms in total. The highest BCUT2D eigenvalue weighted by Gasteiger charge is 2.29. The summed E-state index contributed by atoms with van der Waals surface area (Å²) in [6.07, 6.45) is 2.01. The maximum absolute atomic E-state index is 11.8. The van der Waals surface area contributed by atoms with Crippen molar-refractivity contribution >= 4 is 21.8 Å². The summed E-state index contributed by atoms with van der Waals surface area (Å²) < 4.78 is 1.07. The first-order valence-electron chi connectivity index (χ1n) is 7.07. The van der Waals surface area contributed by atoms with Gasteiger partial charge in [-0.1, -0.05) is 28.1 Å². The van der Waals surface area contributed by atoms with E-state index in [0.29, 0.717) is 6.54 Å². The highest BCUT2D eigenvalue weighted by molar-refractivity contribution is 9.10. The maximum atomic E-state index is 11.8. The molecule has 0 spiro atoms. The number of benzene rings is 1. The van der Waals surface area contributed by atoms with Crippen LogP contribution in [0.1, 0.15) is 24.4 Å². The van der Waals surface area contributed by atoms with Crippen molar-refractivity contribution in [3.05, 3.63) is 34.3 Å². The molecule has 1 aromatic carbocycles. The first kappa shape index (κ1) is 15.5. The van der Waals surface area contributed by atoms with Gasteiger partial charge in [-0.05, 0) is 37.1 Å². The van der Waals surface area contributed by atoms with Crippen LogP contribution in [0.5, 0.6) is 0 Å². The molecule has 5 heteroatoms. The highest BCUT2D eigenvalue weighted by atomic mass is 79.9. The number of amides is 1. The first-order valence-corrected chi connectivity index (χ1v) is 7.86. The molecule has 1 aliphatic rings. The lowest BCUT2D eigenvalue weighted by molar-refractivity contribution is -0.126. The minimum atomic E-state index is 0.0817. The van der Waals surface area contributed by atoms with E-state index in [9.17, 15) is 4.79 Å². The molecule has 0 radical (unpaired) electrons. The Morgan fingerprint density at radius 2 is 2.20 bits per heavy atom. The van der Waals surface area contributed by atoms with E-state index in [-0.39, 0.29) is 17.9 Å². The smallest absolute Gasteiger partial charge is 0.224 e. The number of hydrogen-bond acceptors (Lipinski definition) is 3. The lowest BCUT2D eigenvalue weighted by atomic mass is 9.94. The summed E-state index contributed by atoms with van der Waals surface area (Å²) in [6, 6.07) is 8.47. The second-order valence-electron chi connectivity index (χ2n) is 5.25. The highest BCUT2D eigenvalue weighted by Crippen LogP contribution is 2.27. The van der Waals surface area contributed by atoms with Crippen molar-refractivity contribution in [1.29, 1.82) is 0 Å². The van der Waals surface area contributed by atoms with Crippen molar-refractivity contribution < 1.29 is 4.79 Å². The van der Waals surface area contributed by atoms with Crippen LogP contribution in [0.4, 0.5) is 0 Å². The average Bonchev–Trinajstić information content (AvgIpc) is 2.49. The molecule has 0 aromatic heterocycles. The van der Waals surface area contributed by atoms with Gasteiger partial charge in [0.05, 0.1) is 5.92 Å². The number of hydrogen-bond donors (Lipinski definition) is 2. The number of likely N-dealkylation sites (tertiary alicyclic amines) is 1. The Hall–Kier alpha value is -0.910. The lowest BCUT2D eigenvalue weighted by Crippen LogP contribution is -2.45. The molecule has 1 aliphatic heterocycles. The van der Waals surface area contributed by atoms with Gasteiger partial charge >= 0.3 is 0 Å². The fourth-order valence-corrected chi connectivity index (χ4v) is 3.15. The lowest BCUT2D eigenvalue weighted by Gasteiger charge is -2.37. The molecular weight excluding hydrogens is 318 g/mol. The quantitative estimate of drug-likeness (QED) is 0.880. The molecule has 1 amide bonds. The molecule has 0 saturated carbocycles. The van der Waals surface area contributed by atoms with Crippen LogP contribution in [0, 0.1) is 5.92 Å². The van der Waals surface area contributed by atoms with Crippen LogP contribution >= 0.6 is 15.9 Å². The van der Waals surface area contributed by atoms with E-state index in [2.05, 4.69) is 38.3 Å². The summed E-state index contributed by atoms with van der Waals surface area (Å²) >= 11 is 3.45. The monoisotopic (exact) mass is 339 g/mol. The van der Waals surface area contributed by atoms with Crippen molar-refractivity contribution in [3.63, 3.8) is 0 Å². The van der Waals surface area contributed by atoms with Gasteiger partial charge in [0, 0.05) is 30.7 Å². The largest absolute Gasteiger partial charge is 0.359 e. The molecule has 1 heterocycles. The number of nitrogens with one attached hydrogen (secondary N) is 1. The van der Waals surface area contributed by atoms with E-state index < -0.39 is 0 Å². The van der Waals surface area contributed by atoms with Crippen LogP contribution in [-0.2, 0) is 4.79 Å². The van der Waals surface area contributed by atoms with Crippen molar-refractivity contribution in [2.45, 2.75) is 18.9 Å². The zero-order valence-electron chi connectivity index (χ0n) is 11.8. The number of piperidine rings is 1. The third kappa shape index (κ3) is 3.59. The molecule has 1 saturated heterocycles. The van der Waals surface area contributed by atoms with Gasteiger partial charge in [-0.25, -0.2) is 0 Å². The zero-order chi connectivity index (χ0) is 14.5. The number of nitrogens with two attached hydrogens (primary N) is 1. The summed E-state index contributed by atoms with van der Waals surface area (Å²) in [4.78, 5) is 14.2. The first-order chi connectivity index (χ1) is 9.65. The third-order valence-electron chi connectivity index (χ3n) is 3.99. The van der Waals surface area contributed by atoms with Crippen molar-refractivity contribution in [1.82, 2.24) is 10.2 Å². The van der Waals surface area contributed by atoms with E-state index in [0.717, 1.165) is 30.4 Å². The number of carbonyl (C=O) groups is 1. The number of carbonyl (C=O) groups excluding carboxylic acids is 1. The van der Waals surface area contributed by atoms with E-state index in [1.165, 1.54) is 5.56 Å². The van der Waals surface area contributed by atoms with Crippen molar-refractivity contribution in [2.75, 3.05) is 26.7 Å². The van der Waals surface area contributed by atoms with Crippen molar-refractivity contribution in [2.24, 2.45) is 11.7 Å². The normalized spacial score (nSPS) is 21.4. The van der Waals surface area contributed by atoms with Crippen LogP contribution in [0.15, 0.2) is 28.7 Å². The summed E-state index contributed by atoms with van der Waals surface area (Å²) in [5.41, 5.74) is 7.19. The molecule has 1 fully saturated rings. The number of rotatable bonds is 4. The zero-order valence-corrected chi connectivity index (χ0v) is 13.4. The van der Waals surface area contributed by atoms with E-state index in [1.54, 1.807) is 7.05 Å². The van der Waals surface area contributed by atoms with Gasteiger partial charge in [0.25, 0.3) is 0 Å². The molecule has 0 aliphatic carbocycles. The SMILES string of the molecule is CNC(=O)C1CCCN(C(CN)c2ccc(Br)cc2)C1. The van der Waals surface area contributed by atoms with Gasteiger partial charge in [-0.2, -0.15) is 0 Å². The van der Waals surface area contributed by atoms with Gasteiger partial charge in [0.2, 0.25) is 5.91 Å². The topological polar surface area (TPSA) is 58.4 Å². The Bertz CT molecular complexity index is 449. The average molecular weight is 340 g/mol. The predicted octanol–water partition coefficient (Wildman–Crippen LogP) is 1.91. The Labute approximate surface area is 128 Å². The van der Waals surface area contributed by atoms with Gasteiger partial charge in [-0.15, -0.1) is 0 Å². The molecule has 2 unspecified atom stereocenters. The van der Waals surface area contributed by atoms with Crippen LogP contribution in [0.25, 0.3) is 0 Å². The van der Waals surface area contributed by atoms with E-state index >= 15 is 0 Å². The fourth-order valence-electron chi connectivity index (χ4n) is 2.89. The summed E-state index contributed by atoms with van der Waals surface area (Å²) in [6.45, 7) is 2.37. The Balaban J connectivity index is 2.10. The molecular formula is C15H22BrN3O. The molecule has 2 rings (SSSR count). The summed E-state index contributed by atoms with van der Waals surface area (Å²) in [7, 11) is 1.70. The minimum Gasteiger partial charge on any atom is -0.359 e. The van der Waals surface area contributed by atoms with Crippen LogP contribution in [-0.4, -0.2) is 37.5 Å². The van der Waals surface area contributed by atoms with E-state index in [1.807, 2.05) is 12.1 Å². The van der Waals surface area contributed by atoms with Gasteiger partial charge in [0.15, 0.2) is 0 Å². The number of nitrogens with zero attached hydrogens (tertiary/aromatic N) is 1. The van der Waals surface area contributed by atoms with Gasteiger partial charge in [0.1, 0.15) is 0 Å². The van der Waals surface area contributed by atoms with Crippen LogP contribution in [0.2, 0.25) is 0 Å². The summed E-state index contributed by atoms with van der Waals surface area (Å²) in [5.74, 6) is 0.222. The Morgan fingerprint density at radius 1 is 1.50 bits per heavy atom. The Kier molecular flexibility index (Phi) is 5.57. The molecule has 110 valence electrons. The molecule has 2 atom stereocenters. The van der Waals surface area contributed by atoms with E-state index in [4.69, 9.17) is 5.73 Å². The molecule has 20 heavy (non-hydrogen) atoms. The molecule has 3 N–H and O–H groups in total. The second-order valence-corrected chi connectivity index (χ2v) is 6.17. The van der Waals surface area contributed by atoms with Gasteiger partial charge < -0.3 is 11.1 Å². The minimum absolute atomic E-state index is 0.0817. The van der Waals surface area contributed by atoms with Crippen molar-refractivity contribution in [3.8, 4) is 0 Å². The fraction of sp³-hybridized carbons (Fsp3) is 0.533. The number of halogens is 1. The van der Waals surface area contributed by atoms with Crippen LogP contribution in [0.3, 0.4) is 0 Å². The molecule has 1 aromatic rings. The third-order valence-corrected chi connectivity index (χ3v) is 4.52. The van der Waals surface area contributed by atoms with Crippen LogP contribution < -0.4 is 11.1 Å². The Morgan fingerprint density at radius 3 is 2.80 bits per heavy atom.